The first-order valence-electron chi connectivity index (χ1n) is 9.21. The predicted molar refractivity (Wildman–Crippen MR) is 106 cm³/mol. The zero-order chi connectivity index (χ0) is 22.4. The largest absolute Gasteiger partial charge is 0.511 e. The third-order valence-electron chi connectivity index (χ3n) is 4.41. The molecule has 3 rings (SSSR count). The summed E-state index contributed by atoms with van der Waals surface area (Å²) in [6, 6.07) is 11.9. The van der Waals surface area contributed by atoms with Crippen molar-refractivity contribution in [3.8, 4) is 17.7 Å². The molecule has 0 aliphatic carbocycles. The Kier molecular flexibility index (Phi) is 6.47. The molecule has 0 saturated heterocycles. The van der Waals surface area contributed by atoms with Crippen molar-refractivity contribution in [3.05, 3.63) is 65.1 Å². The quantitative estimate of drug-likeness (QED) is 0.567. The Balaban J connectivity index is 1.64. The molecular formula is C21H18N4O6. The number of hydrogen-bond acceptors (Lipinski definition) is 7. The molecule has 1 aromatic heterocycles. The minimum Gasteiger partial charge on any atom is -0.511 e. The van der Waals surface area contributed by atoms with Crippen molar-refractivity contribution in [3.63, 3.8) is 0 Å². The minimum absolute atomic E-state index is 0.0783. The molecule has 0 unspecified atom stereocenters. The maximum absolute atomic E-state index is 12.6. The molecule has 2 heterocycles. The zero-order valence-corrected chi connectivity index (χ0v) is 16.2. The average molecular weight is 422 g/mol. The summed E-state index contributed by atoms with van der Waals surface area (Å²) in [7, 11) is 0. The van der Waals surface area contributed by atoms with Gasteiger partial charge in [-0.25, -0.2) is 4.98 Å². The Morgan fingerprint density at radius 2 is 1.97 bits per heavy atom. The summed E-state index contributed by atoms with van der Waals surface area (Å²) >= 11 is 0. The molecule has 1 aromatic carbocycles. The van der Waals surface area contributed by atoms with Gasteiger partial charge >= 0.3 is 5.97 Å². The second-order valence-electron chi connectivity index (χ2n) is 6.62. The van der Waals surface area contributed by atoms with Crippen LogP contribution >= 0.6 is 0 Å². The molecule has 10 nitrogen and oxygen atoms in total. The van der Waals surface area contributed by atoms with Gasteiger partial charge in [-0.3, -0.25) is 14.4 Å². The zero-order valence-electron chi connectivity index (χ0n) is 16.2. The topological polar surface area (TPSA) is 153 Å². The van der Waals surface area contributed by atoms with Gasteiger partial charge < -0.3 is 25.2 Å². The summed E-state index contributed by atoms with van der Waals surface area (Å²) in [6.07, 6.45) is 1.60. The van der Waals surface area contributed by atoms with E-state index >= 15 is 0 Å². The number of carbonyl (C=O) groups excluding carboxylic acids is 2. The van der Waals surface area contributed by atoms with Gasteiger partial charge in [0.2, 0.25) is 5.88 Å². The number of nitrogens with one attached hydrogen (secondary N) is 1. The van der Waals surface area contributed by atoms with Crippen LogP contribution in [0.2, 0.25) is 0 Å². The van der Waals surface area contributed by atoms with E-state index in [1.165, 1.54) is 11.1 Å². The van der Waals surface area contributed by atoms with E-state index in [-0.39, 0.29) is 25.3 Å². The number of hydrogen-bond donors (Lipinski definition) is 3. The monoisotopic (exact) mass is 422 g/mol. The number of carboxylic acids is 1. The lowest BCUT2D eigenvalue weighted by Crippen LogP contribution is -2.43. The van der Waals surface area contributed by atoms with E-state index in [2.05, 4.69) is 10.3 Å². The molecule has 2 aromatic rings. The molecule has 158 valence electrons. The van der Waals surface area contributed by atoms with Crippen molar-refractivity contribution < 1.29 is 29.3 Å². The number of nitriles is 1. The molecule has 0 spiro atoms. The number of nitrogens with zero attached hydrogens (tertiary/aromatic N) is 3. The standard InChI is InChI=1S/C21H18N4O6/c22-9-13-1-4-15(5-2-13)31-17-6-3-14(10-23-17)12-25-8-7-16(26)19(21(25)30)20(29)24-11-18(27)28/h1-6,10,26H,7-8,11-12H2,(H,24,29)(H,27,28). The summed E-state index contributed by atoms with van der Waals surface area (Å²) in [5.41, 5.74) is 0.728. The highest BCUT2D eigenvalue weighted by molar-refractivity contribution is 6.19. The summed E-state index contributed by atoms with van der Waals surface area (Å²) in [6.45, 7) is -0.316. The van der Waals surface area contributed by atoms with Gasteiger partial charge in [-0.15, -0.1) is 0 Å². The van der Waals surface area contributed by atoms with Crippen LogP contribution < -0.4 is 10.1 Å². The second-order valence-corrected chi connectivity index (χ2v) is 6.62. The molecule has 3 N–H and O–H groups in total. The molecule has 2 amide bonds. The minimum atomic E-state index is -1.26. The Morgan fingerprint density at radius 1 is 1.23 bits per heavy atom. The van der Waals surface area contributed by atoms with E-state index in [0.29, 0.717) is 22.8 Å². The van der Waals surface area contributed by atoms with Crippen molar-refractivity contribution >= 4 is 17.8 Å². The van der Waals surface area contributed by atoms with E-state index in [1.54, 1.807) is 36.4 Å². The highest BCUT2D eigenvalue weighted by Gasteiger charge is 2.32. The Morgan fingerprint density at radius 3 is 2.58 bits per heavy atom. The van der Waals surface area contributed by atoms with E-state index in [1.807, 2.05) is 6.07 Å². The molecule has 0 fully saturated rings. The predicted octanol–water partition coefficient (Wildman–Crippen LogP) is 1.49. The van der Waals surface area contributed by atoms with Crippen LogP contribution in [0.15, 0.2) is 53.9 Å². The summed E-state index contributed by atoms with van der Waals surface area (Å²) in [5, 5.41) is 29.5. The van der Waals surface area contributed by atoms with Crippen LogP contribution in [0.25, 0.3) is 0 Å². The van der Waals surface area contributed by atoms with Gasteiger partial charge in [0.1, 0.15) is 23.6 Å². The number of aliphatic carboxylic acids is 1. The van der Waals surface area contributed by atoms with E-state index < -0.39 is 29.9 Å². The van der Waals surface area contributed by atoms with Gasteiger partial charge in [-0.1, -0.05) is 6.07 Å². The molecule has 1 aliphatic rings. The Bertz CT molecular complexity index is 1070. The van der Waals surface area contributed by atoms with Crippen molar-refractivity contribution in [2.24, 2.45) is 0 Å². The summed E-state index contributed by atoms with van der Waals surface area (Å²) in [4.78, 5) is 40.9. The molecule has 10 heteroatoms. The Labute approximate surface area is 177 Å². The van der Waals surface area contributed by atoms with E-state index in [4.69, 9.17) is 15.1 Å². The number of carbonyl (C=O) groups is 3. The molecule has 0 radical (unpaired) electrons. The molecule has 0 atom stereocenters. The lowest BCUT2D eigenvalue weighted by atomic mass is 10.1. The fraction of sp³-hybridized carbons (Fsp3) is 0.190. The van der Waals surface area contributed by atoms with Crippen LogP contribution in [0.1, 0.15) is 17.5 Å². The van der Waals surface area contributed by atoms with Crippen LogP contribution in [-0.2, 0) is 20.9 Å². The van der Waals surface area contributed by atoms with Gasteiger partial charge in [0.25, 0.3) is 11.8 Å². The second kappa shape index (κ2) is 9.41. The van der Waals surface area contributed by atoms with Crippen LogP contribution in [-0.4, -0.2) is 51.0 Å². The number of aliphatic hydroxyl groups excluding tert-OH is 1. The van der Waals surface area contributed by atoms with Crippen LogP contribution in [0.4, 0.5) is 0 Å². The maximum atomic E-state index is 12.6. The lowest BCUT2D eigenvalue weighted by molar-refractivity contribution is -0.138. The van der Waals surface area contributed by atoms with Crippen molar-refractivity contribution in [2.75, 3.05) is 13.1 Å². The highest BCUT2D eigenvalue weighted by Crippen LogP contribution is 2.22. The van der Waals surface area contributed by atoms with Gasteiger partial charge in [-0.05, 0) is 29.8 Å². The van der Waals surface area contributed by atoms with E-state index in [0.717, 1.165) is 0 Å². The average Bonchev–Trinajstić information content (AvgIpc) is 2.76. The van der Waals surface area contributed by atoms with Crippen molar-refractivity contribution in [2.45, 2.75) is 13.0 Å². The van der Waals surface area contributed by atoms with Crippen LogP contribution in [0, 0.1) is 11.3 Å². The smallest absolute Gasteiger partial charge is 0.322 e. The first kappa shape index (κ1) is 21.3. The fourth-order valence-corrected chi connectivity index (χ4v) is 2.88. The number of aromatic nitrogens is 1. The molecule has 0 bridgehead atoms. The number of benzene rings is 1. The molecular weight excluding hydrogens is 404 g/mol. The Hall–Kier alpha value is -4.39. The van der Waals surface area contributed by atoms with Crippen molar-refractivity contribution in [1.82, 2.24) is 15.2 Å². The third-order valence-corrected chi connectivity index (χ3v) is 4.41. The van der Waals surface area contributed by atoms with E-state index in [9.17, 15) is 19.5 Å². The first-order chi connectivity index (χ1) is 14.9. The number of rotatable bonds is 7. The normalized spacial score (nSPS) is 13.5. The van der Waals surface area contributed by atoms with Gasteiger partial charge in [0, 0.05) is 31.8 Å². The summed E-state index contributed by atoms with van der Waals surface area (Å²) in [5.74, 6) is -2.41. The number of aliphatic hydroxyl groups is 1. The lowest BCUT2D eigenvalue weighted by Gasteiger charge is -2.28. The molecule has 1 aliphatic heterocycles. The number of carboxylic acid groups (broad SMARTS) is 1. The first-order valence-corrected chi connectivity index (χ1v) is 9.21. The van der Waals surface area contributed by atoms with Crippen molar-refractivity contribution in [1.29, 1.82) is 5.26 Å². The van der Waals surface area contributed by atoms with Crippen LogP contribution in [0.5, 0.6) is 11.6 Å². The maximum Gasteiger partial charge on any atom is 0.322 e. The fourth-order valence-electron chi connectivity index (χ4n) is 2.88. The molecule has 0 saturated carbocycles. The highest BCUT2D eigenvalue weighted by atomic mass is 16.5. The number of pyridine rings is 1. The van der Waals surface area contributed by atoms with Gasteiger partial charge in [-0.2, -0.15) is 5.26 Å². The summed E-state index contributed by atoms with van der Waals surface area (Å²) < 4.78 is 5.61. The molecule has 31 heavy (non-hydrogen) atoms. The van der Waals surface area contributed by atoms with Crippen LogP contribution in [0.3, 0.4) is 0 Å². The third kappa shape index (κ3) is 5.36. The van der Waals surface area contributed by atoms with Gasteiger partial charge in [0.15, 0.2) is 0 Å². The SMILES string of the molecule is N#Cc1ccc(Oc2ccc(CN3CCC(O)=C(C(=O)NCC(=O)O)C3=O)cn2)cc1. The number of ether oxygens (including phenoxy) is 1. The van der Waals surface area contributed by atoms with Gasteiger partial charge in [0.05, 0.1) is 11.6 Å². The number of amides is 2.